The fourth-order valence-corrected chi connectivity index (χ4v) is 4.46. The molecule has 0 radical (unpaired) electrons. The van der Waals surface area contributed by atoms with Crippen molar-refractivity contribution in [2.24, 2.45) is 7.05 Å². The summed E-state index contributed by atoms with van der Waals surface area (Å²) in [5, 5.41) is 25.7. The number of carboxylic acid groups (broad SMARTS) is 3. The van der Waals surface area contributed by atoms with Gasteiger partial charge in [0.15, 0.2) is 0 Å². The number of piperidine rings is 1. The second-order valence-electron chi connectivity index (χ2n) is 9.82. The van der Waals surface area contributed by atoms with Gasteiger partial charge in [-0.3, -0.25) is 19.5 Å². The minimum absolute atomic E-state index is 0.418. The van der Waals surface area contributed by atoms with Crippen LogP contribution in [0.1, 0.15) is 36.8 Å². The predicted molar refractivity (Wildman–Crippen MR) is 135 cm³/mol. The lowest BCUT2D eigenvalue weighted by atomic mass is 9.84. The third-order valence-electron chi connectivity index (χ3n) is 6.52. The molecule has 2 aromatic rings. The Bertz CT molecular complexity index is 1170. The quantitative estimate of drug-likeness (QED) is 0.402. The van der Waals surface area contributed by atoms with Crippen molar-refractivity contribution in [1.29, 1.82) is 0 Å². The van der Waals surface area contributed by atoms with E-state index in [4.69, 9.17) is 29.7 Å². The minimum Gasteiger partial charge on any atom is -0.475 e. The number of hydrogen-bond acceptors (Lipinski definition) is 7. The number of likely N-dealkylation sites (tertiary alicyclic amines) is 2. The van der Waals surface area contributed by atoms with Crippen LogP contribution in [-0.2, 0) is 34.5 Å². The van der Waals surface area contributed by atoms with Gasteiger partial charge >= 0.3 is 36.4 Å². The zero-order chi connectivity index (χ0) is 34.6. The highest BCUT2D eigenvalue weighted by Gasteiger charge is 2.43. The molecule has 1 spiro atoms. The number of halogens is 9. The number of carbonyl (C=O) groups is 3. The molecule has 254 valence electrons. The zero-order valence-corrected chi connectivity index (χ0v) is 23.5. The van der Waals surface area contributed by atoms with E-state index in [0.717, 1.165) is 13.1 Å². The molecule has 2 saturated heterocycles. The summed E-state index contributed by atoms with van der Waals surface area (Å²) in [6.07, 6.45) is -1.98. The molecular formula is C25H30F9N5O6. The number of aromatic nitrogens is 3. The average Bonchev–Trinajstić information content (AvgIpc) is 3.50. The molecule has 4 heterocycles. The van der Waals surface area contributed by atoms with Crippen LogP contribution in [0.3, 0.4) is 0 Å². The first-order valence-corrected chi connectivity index (χ1v) is 12.8. The van der Waals surface area contributed by atoms with E-state index < -0.39 is 36.4 Å². The third kappa shape index (κ3) is 14.1. The fraction of sp³-hybridized carbons (Fsp3) is 0.560. The van der Waals surface area contributed by atoms with Gasteiger partial charge in [0, 0.05) is 62.9 Å². The van der Waals surface area contributed by atoms with Crippen molar-refractivity contribution in [3.05, 3.63) is 48.0 Å². The Hall–Kier alpha value is -3.94. The van der Waals surface area contributed by atoms with E-state index in [1.807, 2.05) is 30.3 Å². The van der Waals surface area contributed by atoms with Crippen molar-refractivity contribution >= 4 is 17.9 Å². The minimum atomic E-state index is -5.08. The number of hydrogen-bond donors (Lipinski definition) is 3. The number of nitrogens with zero attached hydrogens (tertiary/aromatic N) is 5. The van der Waals surface area contributed by atoms with Crippen LogP contribution >= 0.6 is 0 Å². The summed E-state index contributed by atoms with van der Waals surface area (Å²) in [5.41, 5.74) is 3.09. The molecule has 45 heavy (non-hydrogen) atoms. The lowest BCUT2D eigenvalue weighted by molar-refractivity contribution is -0.193. The Labute approximate surface area is 249 Å². The van der Waals surface area contributed by atoms with Gasteiger partial charge in [-0.2, -0.15) is 44.6 Å². The van der Waals surface area contributed by atoms with Gasteiger partial charge in [-0.25, -0.2) is 14.4 Å². The largest absolute Gasteiger partial charge is 0.490 e. The van der Waals surface area contributed by atoms with Crippen LogP contribution in [0.4, 0.5) is 39.5 Å². The number of alkyl halides is 9. The predicted octanol–water partition coefficient (Wildman–Crippen LogP) is 4.35. The third-order valence-corrected chi connectivity index (χ3v) is 6.52. The first kappa shape index (κ1) is 39.1. The molecular weight excluding hydrogens is 637 g/mol. The van der Waals surface area contributed by atoms with Gasteiger partial charge in [0.05, 0.1) is 6.20 Å². The number of aryl methyl sites for hydroxylation is 1. The van der Waals surface area contributed by atoms with Crippen molar-refractivity contribution in [3.8, 4) is 0 Å². The highest BCUT2D eigenvalue weighted by molar-refractivity contribution is 5.73. The van der Waals surface area contributed by atoms with Gasteiger partial charge in [-0.15, -0.1) is 0 Å². The summed E-state index contributed by atoms with van der Waals surface area (Å²) >= 11 is 0. The van der Waals surface area contributed by atoms with Gasteiger partial charge in [-0.1, -0.05) is 6.07 Å². The lowest BCUT2D eigenvalue weighted by Gasteiger charge is -2.45. The van der Waals surface area contributed by atoms with Gasteiger partial charge in [0.25, 0.3) is 0 Å². The first-order valence-electron chi connectivity index (χ1n) is 12.8. The summed E-state index contributed by atoms with van der Waals surface area (Å²) in [4.78, 5) is 36.3. The molecule has 0 bridgehead atoms. The Balaban J connectivity index is 0.000000396. The number of aliphatic carboxylic acids is 3. The molecule has 2 aliphatic rings. The Morgan fingerprint density at radius 1 is 0.778 bits per heavy atom. The van der Waals surface area contributed by atoms with E-state index in [-0.39, 0.29) is 0 Å². The summed E-state index contributed by atoms with van der Waals surface area (Å²) in [5.74, 6) is -8.27. The van der Waals surface area contributed by atoms with Gasteiger partial charge in [0.2, 0.25) is 0 Å². The highest BCUT2D eigenvalue weighted by Crippen LogP contribution is 2.39. The monoisotopic (exact) mass is 667 g/mol. The van der Waals surface area contributed by atoms with Crippen molar-refractivity contribution in [3.63, 3.8) is 0 Å². The zero-order valence-electron chi connectivity index (χ0n) is 23.5. The Kier molecular flexibility index (Phi) is 14.2. The molecule has 0 aliphatic carbocycles. The molecule has 0 aromatic carbocycles. The molecule has 2 fully saturated rings. The number of pyridine rings is 1. The average molecular weight is 668 g/mol. The van der Waals surface area contributed by atoms with E-state index in [9.17, 15) is 39.5 Å². The maximum atomic E-state index is 10.6. The van der Waals surface area contributed by atoms with Crippen LogP contribution < -0.4 is 0 Å². The topological polar surface area (TPSA) is 149 Å². The summed E-state index contributed by atoms with van der Waals surface area (Å²) in [7, 11) is 1.99. The molecule has 0 saturated carbocycles. The van der Waals surface area contributed by atoms with Crippen LogP contribution in [0.15, 0.2) is 36.9 Å². The maximum Gasteiger partial charge on any atom is 0.490 e. The van der Waals surface area contributed by atoms with E-state index in [1.165, 1.54) is 56.4 Å². The van der Waals surface area contributed by atoms with Crippen LogP contribution in [-0.4, -0.2) is 101 Å². The van der Waals surface area contributed by atoms with Gasteiger partial charge < -0.3 is 15.3 Å². The molecule has 0 atom stereocenters. The van der Waals surface area contributed by atoms with E-state index in [2.05, 4.69) is 38.2 Å². The van der Waals surface area contributed by atoms with Crippen LogP contribution in [0.5, 0.6) is 0 Å². The van der Waals surface area contributed by atoms with Gasteiger partial charge in [-0.05, 0) is 43.9 Å². The molecule has 11 nitrogen and oxygen atoms in total. The molecule has 0 amide bonds. The van der Waals surface area contributed by atoms with Crippen LogP contribution in [0.25, 0.3) is 0 Å². The molecule has 20 heteroatoms. The van der Waals surface area contributed by atoms with E-state index in [1.54, 1.807) is 0 Å². The molecule has 2 aliphatic heterocycles. The first-order chi connectivity index (χ1) is 20.6. The molecule has 3 N–H and O–H groups in total. The number of rotatable bonds is 4. The van der Waals surface area contributed by atoms with E-state index in [0.29, 0.717) is 5.54 Å². The van der Waals surface area contributed by atoms with Gasteiger partial charge in [0.1, 0.15) is 0 Å². The second kappa shape index (κ2) is 16.4. The smallest absolute Gasteiger partial charge is 0.475 e. The second-order valence-corrected chi connectivity index (χ2v) is 9.82. The molecule has 2 aromatic heterocycles. The molecule has 0 unspecified atom stereocenters. The summed E-state index contributed by atoms with van der Waals surface area (Å²) < 4.78 is 97.1. The molecule has 4 rings (SSSR count). The van der Waals surface area contributed by atoms with Crippen molar-refractivity contribution in [1.82, 2.24) is 24.6 Å². The normalized spacial score (nSPS) is 16.8. The van der Waals surface area contributed by atoms with E-state index >= 15 is 0 Å². The Morgan fingerprint density at radius 2 is 1.27 bits per heavy atom. The van der Waals surface area contributed by atoms with Crippen LogP contribution in [0, 0.1) is 0 Å². The maximum absolute atomic E-state index is 10.6. The van der Waals surface area contributed by atoms with Crippen molar-refractivity contribution in [2.75, 3.05) is 19.6 Å². The summed E-state index contributed by atoms with van der Waals surface area (Å²) in [6.45, 7) is 5.71. The lowest BCUT2D eigenvalue weighted by Crippen LogP contribution is -2.51. The van der Waals surface area contributed by atoms with Crippen molar-refractivity contribution < 1.29 is 69.2 Å². The Morgan fingerprint density at radius 3 is 1.64 bits per heavy atom. The summed E-state index contributed by atoms with van der Waals surface area (Å²) in [6, 6.07) is 4.26. The fourth-order valence-electron chi connectivity index (χ4n) is 4.46. The standard InChI is InChI=1S/C19H27N5.3C2HF3O2/c1-22-14-18(13-21-22)15-23-10-6-19(7-11-23)5-3-9-24(19)16-17-4-2-8-20-12-17;3*3-2(4,5)1(6)7/h2,4,8,12-14H,3,5-7,9-11,15-16H2,1H3;3*(H,6,7). The number of carboxylic acids is 3. The van der Waals surface area contributed by atoms with Crippen LogP contribution in [0.2, 0.25) is 0 Å². The van der Waals surface area contributed by atoms with Crippen molar-refractivity contribution in [2.45, 2.75) is 62.8 Å². The highest BCUT2D eigenvalue weighted by atomic mass is 19.4. The SMILES string of the molecule is Cn1cc(CN2CCC3(CCCN3Cc3cccnc3)CC2)cn1.O=C(O)C(F)(F)F.O=C(O)C(F)(F)F.O=C(O)C(F)(F)F.